The van der Waals surface area contributed by atoms with E-state index >= 15 is 0 Å². The molecule has 1 saturated heterocycles. The van der Waals surface area contributed by atoms with Gasteiger partial charge >= 0.3 is 0 Å². The Balaban J connectivity index is 1.40. The summed E-state index contributed by atoms with van der Waals surface area (Å²) in [6, 6.07) is 8.97. The molecule has 0 bridgehead atoms. The second-order valence-electron chi connectivity index (χ2n) is 8.18. The highest BCUT2D eigenvalue weighted by Gasteiger charge is 2.32. The van der Waals surface area contributed by atoms with Crippen LogP contribution in [0.25, 0.3) is 5.69 Å². The van der Waals surface area contributed by atoms with Gasteiger partial charge in [-0.25, -0.2) is 4.68 Å². The lowest BCUT2D eigenvalue weighted by Gasteiger charge is -2.46. The van der Waals surface area contributed by atoms with Gasteiger partial charge in [-0.3, -0.25) is 9.80 Å². The molecule has 4 rings (SSSR count). The zero-order chi connectivity index (χ0) is 19.3. The quantitative estimate of drug-likeness (QED) is 0.799. The van der Waals surface area contributed by atoms with Crippen LogP contribution in [0.4, 0.5) is 0 Å². The molecule has 6 heteroatoms. The maximum Gasteiger partial charge on any atom is 0.0831 e. The van der Waals surface area contributed by atoms with Gasteiger partial charge in [0.1, 0.15) is 0 Å². The number of aliphatic hydroxyl groups excluding tert-OH is 1. The van der Waals surface area contributed by atoms with Crippen LogP contribution in [-0.2, 0) is 6.54 Å². The Morgan fingerprint density at radius 1 is 1.11 bits per heavy atom. The molecule has 2 fully saturated rings. The van der Waals surface area contributed by atoms with Gasteiger partial charge in [0, 0.05) is 56.6 Å². The van der Waals surface area contributed by atoms with Crippen LogP contribution in [0.5, 0.6) is 0 Å². The second-order valence-corrected chi connectivity index (χ2v) is 8.58. The van der Waals surface area contributed by atoms with Gasteiger partial charge in [-0.1, -0.05) is 43.0 Å². The minimum absolute atomic E-state index is 0.270. The molecule has 1 aliphatic heterocycles. The van der Waals surface area contributed by atoms with E-state index in [1.165, 1.54) is 37.7 Å². The molecule has 28 heavy (non-hydrogen) atoms. The Kier molecular flexibility index (Phi) is 6.68. The van der Waals surface area contributed by atoms with Crippen molar-refractivity contribution in [1.82, 2.24) is 19.6 Å². The average molecular weight is 403 g/mol. The van der Waals surface area contributed by atoms with Crippen molar-refractivity contribution in [2.24, 2.45) is 0 Å². The first-order valence-corrected chi connectivity index (χ1v) is 11.0. The van der Waals surface area contributed by atoms with E-state index < -0.39 is 0 Å². The summed E-state index contributed by atoms with van der Waals surface area (Å²) < 4.78 is 1.86. The zero-order valence-corrected chi connectivity index (χ0v) is 17.3. The third kappa shape index (κ3) is 4.60. The highest BCUT2D eigenvalue weighted by molar-refractivity contribution is 6.32. The number of hydrogen-bond acceptors (Lipinski definition) is 4. The molecule has 1 aromatic carbocycles. The van der Waals surface area contributed by atoms with E-state index in [2.05, 4.69) is 21.1 Å². The van der Waals surface area contributed by atoms with Gasteiger partial charge in [0.2, 0.25) is 0 Å². The normalized spacial score (nSPS) is 22.6. The molecule has 0 radical (unpaired) electrons. The number of hydrogen-bond donors (Lipinski definition) is 1. The van der Waals surface area contributed by atoms with Crippen molar-refractivity contribution in [1.29, 1.82) is 0 Å². The van der Waals surface area contributed by atoms with Crippen molar-refractivity contribution in [3.8, 4) is 5.69 Å². The molecule has 0 amide bonds. The van der Waals surface area contributed by atoms with Crippen LogP contribution in [0.15, 0.2) is 36.7 Å². The summed E-state index contributed by atoms with van der Waals surface area (Å²) in [6.45, 7) is 4.37. The molecular weight excluding hydrogens is 372 g/mol. The Morgan fingerprint density at radius 3 is 2.71 bits per heavy atom. The van der Waals surface area contributed by atoms with Crippen LogP contribution in [0.1, 0.15) is 44.1 Å². The van der Waals surface area contributed by atoms with Crippen molar-refractivity contribution < 1.29 is 5.11 Å². The van der Waals surface area contributed by atoms with Crippen molar-refractivity contribution >= 4 is 11.6 Å². The van der Waals surface area contributed by atoms with Crippen LogP contribution < -0.4 is 0 Å². The summed E-state index contributed by atoms with van der Waals surface area (Å²) in [5.41, 5.74) is 2.12. The number of aromatic nitrogens is 2. The summed E-state index contributed by atoms with van der Waals surface area (Å²) in [6.07, 6.45) is 11.6. The molecule has 2 aliphatic rings. The highest BCUT2D eigenvalue weighted by Crippen LogP contribution is 2.27. The maximum absolute atomic E-state index is 9.60. The lowest BCUT2D eigenvalue weighted by molar-refractivity contribution is 0.0137. The molecule has 1 atom stereocenters. The summed E-state index contributed by atoms with van der Waals surface area (Å²) >= 11 is 6.30. The average Bonchev–Trinajstić information content (AvgIpc) is 3.18. The largest absolute Gasteiger partial charge is 0.396 e. The fraction of sp³-hybridized carbons (Fsp3) is 0.591. The molecule has 2 aromatic rings. The smallest absolute Gasteiger partial charge is 0.0831 e. The molecule has 2 heterocycles. The molecule has 1 saturated carbocycles. The SMILES string of the molecule is OCC[C@H]1CN(Cc2cnn(-c3ccccc3Cl)c2)CCN1C1CCCCC1. The van der Waals surface area contributed by atoms with Crippen LogP contribution >= 0.6 is 11.6 Å². The number of para-hydroxylation sites is 1. The van der Waals surface area contributed by atoms with Gasteiger partial charge in [-0.2, -0.15) is 5.10 Å². The summed E-state index contributed by atoms with van der Waals surface area (Å²) in [5, 5.41) is 14.8. The highest BCUT2D eigenvalue weighted by atomic mass is 35.5. The number of piperazine rings is 1. The molecular formula is C22H31ClN4O. The van der Waals surface area contributed by atoms with E-state index in [0.717, 1.165) is 44.3 Å². The molecule has 1 aromatic heterocycles. The minimum atomic E-state index is 0.270. The third-order valence-corrected chi connectivity index (χ3v) is 6.58. The monoisotopic (exact) mass is 402 g/mol. The van der Waals surface area contributed by atoms with Crippen molar-refractivity contribution in [2.45, 2.75) is 57.2 Å². The zero-order valence-electron chi connectivity index (χ0n) is 16.5. The first-order chi connectivity index (χ1) is 13.7. The van der Waals surface area contributed by atoms with Crippen molar-refractivity contribution in [3.63, 3.8) is 0 Å². The van der Waals surface area contributed by atoms with Gasteiger partial charge in [0.05, 0.1) is 16.9 Å². The van der Waals surface area contributed by atoms with Gasteiger partial charge in [-0.05, 0) is 31.4 Å². The number of nitrogens with zero attached hydrogens (tertiary/aromatic N) is 4. The van der Waals surface area contributed by atoms with E-state index in [1.807, 2.05) is 35.1 Å². The van der Waals surface area contributed by atoms with E-state index in [-0.39, 0.29) is 6.61 Å². The summed E-state index contributed by atoms with van der Waals surface area (Å²) in [5.74, 6) is 0. The topological polar surface area (TPSA) is 44.5 Å². The van der Waals surface area contributed by atoms with E-state index in [0.29, 0.717) is 11.1 Å². The summed E-state index contributed by atoms with van der Waals surface area (Å²) in [4.78, 5) is 5.20. The molecule has 0 spiro atoms. The molecule has 1 N–H and O–H groups in total. The number of aliphatic hydroxyl groups is 1. The standard InChI is InChI=1S/C22H31ClN4O/c23-21-8-4-5-9-22(21)27-16-18(14-24-27)15-25-11-12-26(20(17-25)10-13-28)19-6-2-1-3-7-19/h4-5,8-9,14,16,19-20,28H,1-3,6-7,10-13,15,17H2/t20-/m0/s1. The maximum atomic E-state index is 9.60. The van der Waals surface area contributed by atoms with E-state index in [4.69, 9.17) is 11.6 Å². The number of halogens is 1. The first-order valence-electron chi connectivity index (χ1n) is 10.6. The molecule has 5 nitrogen and oxygen atoms in total. The van der Waals surface area contributed by atoms with Crippen LogP contribution in [0.3, 0.4) is 0 Å². The first kappa shape index (κ1) is 19.9. The van der Waals surface area contributed by atoms with Gasteiger partial charge in [0.25, 0.3) is 0 Å². The predicted molar refractivity (Wildman–Crippen MR) is 113 cm³/mol. The predicted octanol–water partition coefficient (Wildman–Crippen LogP) is 3.73. The number of rotatable bonds is 6. The minimum Gasteiger partial charge on any atom is -0.396 e. The van der Waals surface area contributed by atoms with Crippen LogP contribution in [0, 0.1) is 0 Å². The Morgan fingerprint density at radius 2 is 1.93 bits per heavy atom. The number of benzene rings is 1. The third-order valence-electron chi connectivity index (χ3n) is 6.26. The molecule has 1 aliphatic carbocycles. The van der Waals surface area contributed by atoms with Crippen molar-refractivity contribution in [3.05, 3.63) is 47.2 Å². The molecule has 152 valence electrons. The van der Waals surface area contributed by atoms with E-state index in [9.17, 15) is 5.11 Å². The second kappa shape index (κ2) is 9.40. The molecule has 0 unspecified atom stereocenters. The van der Waals surface area contributed by atoms with Crippen molar-refractivity contribution in [2.75, 3.05) is 26.2 Å². The van der Waals surface area contributed by atoms with Crippen LogP contribution in [-0.4, -0.2) is 63.0 Å². The lowest BCUT2D eigenvalue weighted by Crippen LogP contribution is -2.56. The Bertz CT molecular complexity index is 758. The Labute approximate surface area is 172 Å². The van der Waals surface area contributed by atoms with Gasteiger partial charge in [0.15, 0.2) is 0 Å². The van der Waals surface area contributed by atoms with E-state index in [1.54, 1.807) is 0 Å². The fourth-order valence-electron chi connectivity index (χ4n) is 4.85. The van der Waals surface area contributed by atoms with Crippen LogP contribution in [0.2, 0.25) is 5.02 Å². The summed E-state index contributed by atoms with van der Waals surface area (Å²) in [7, 11) is 0. The fourth-order valence-corrected chi connectivity index (χ4v) is 5.07. The lowest BCUT2D eigenvalue weighted by atomic mass is 9.92. The Hall–Kier alpha value is -1.40. The van der Waals surface area contributed by atoms with Gasteiger partial charge < -0.3 is 5.11 Å². The van der Waals surface area contributed by atoms with Gasteiger partial charge in [-0.15, -0.1) is 0 Å².